The van der Waals surface area contributed by atoms with Crippen molar-refractivity contribution in [3.8, 4) is 23.3 Å². The maximum Gasteiger partial charge on any atom is 0.134 e. The first-order valence-electron chi connectivity index (χ1n) is 3.84. The molecule has 0 radical (unpaired) electrons. The van der Waals surface area contributed by atoms with Gasteiger partial charge < -0.3 is 21.1 Å². The lowest BCUT2D eigenvalue weighted by Crippen LogP contribution is -2.30. The second-order valence-corrected chi connectivity index (χ2v) is 3.17. The molecule has 0 spiro atoms. The number of benzene rings is 1. The van der Waals surface area contributed by atoms with Crippen molar-refractivity contribution in [3.05, 3.63) is 17.7 Å². The molecule has 0 bridgehead atoms. The van der Waals surface area contributed by atoms with Gasteiger partial charge in [0.1, 0.15) is 22.8 Å². The molecular formula is C9H10N2O3. The highest BCUT2D eigenvalue weighted by Gasteiger charge is 2.28. The summed E-state index contributed by atoms with van der Waals surface area (Å²) in [5, 5.41) is 36.5. The summed E-state index contributed by atoms with van der Waals surface area (Å²) in [5.41, 5.74) is 3.93. The predicted octanol–water partition coefficient (Wildman–Crippen LogP) is 0.501. The fraction of sp³-hybridized carbons (Fsp3) is 0.222. The zero-order chi connectivity index (χ0) is 10.9. The van der Waals surface area contributed by atoms with Crippen LogP contribution in [0, 0.1) is 11.3 Å². The standard InChI is InChI=1S/C9H10N2O3/c1-9(11,4-10)8-6(13)2-5(12)3-7(8)14/h2-3,12-14H,11H2,1H3. The van der Waals surface area contributed by atoms with Gasteiger partial charge in [-0.1, -0.05) is 0 Å². The summed E-state index contributed by atoms with van der Waals surface area (Å²) in [4.78, 5) is 0. The van der Waals surface area contributed by atoms with Gasteiger partial charge in [-0.15, -0.1) is 0 Å². The molecule has 0 aliphatic carbocycles. The van der Waals surface area contributed by atoms with Crippen molar-refractivity contribution >= 4 is 0 Å². The Bertz CT molecular complexity index is 384. The Morgan fingerprint density at radius 1 is 1.29 bits per heavy atom. The first kappa shape index (κ1) is 10.2. The monoisotopic (exact) mass is 194 g/mol. The summed E-state index contributed by atoms with van der Waals surface area (Å²) in [7, 11) is 0. The van der Waals surface area contributed by atoms with Crippen LogP contribution in [-0.4, -0.2) is 15.3 Å². The Labute approximate surface area is 80.6 Å². The molecule has 0 aromatic heterocycles. The smallest absolute Gasteiger partial charge is 0.134 e. The van der Waals surface area contributed by atoms with E-state index in [1.165, 1.54) is 6.92 Å². The van der Waals surface area contributed by atoms with Gasteiger partial charge in [-0.2, -0.15) is 5.26 Å². The molecule has 14 heavy (non-hydrogen) atoms. The third-order valence-electron chi connectivity index (χ3n) is 1.83. The highest BCUT2D eigenvalue weighted by Crippen LogP contribution is 2.37. The summed E-state index contributed by atoms with van der Waals surface area (Å²) in [6.07, 6.45) is 0. The summed E-state index contributed by atoms with van der Waals surface area (Å²) in [6, 6.07) is 3.76. The molecule has 74 valence electrons. The zero-order valence-corrected chi connectivity index (χ0v) is 7.52. The van der Waals surface area contributed by atoms with Crippen molar-refractivity contribution in [3.63, 3.8) is 0 Å². The van der Waals surface area contributed by atoms with Crippen LogP contribution in [0.3, 0.4) is 0 Å². The maximum atomic E-state index is 9.39. The van der Waals surface area contributed by atoms with E-state index in [-0.39, 0.29) is 11.3 Å². The van der Waals surface area contributed by atoms with E-state index in [1.54, 1.807) is 6.07 Å². The van der Waals surface area contributed by atoms with E-state index in [0.717, 1.165) is 12.1 Å². The van der Waals surface area contributed by atoms with Crippen molar-refractivity contribution < 1.29 is 15.3 Å². The van der Waals surface area contributed by atoms with E-state index in [1.807, 2.05) is 0 Å². The lowest BCUT2D eigenvalue weighted by Gasteiger charge is -2.18. The average Bonchev–Trinajstić information content (AvgIpc) is 2.01. The summed E-state index contributed by atoms with van der Waals surface area (Å²) in [5.74, 6) is -1.11. The molecule has 0 aliphatic heterocycles. The molecule has 0 fully saturated rings. The normalized spacial score (nSPS) is 14.4. The lowest BCUT2D eigenvalue weighted by molar-refractivity contribution is 0.404. The molecule has 0 heterocycles. The van der Waals surface area contributed by atoms with Crippen LogP contribution in [0.25, 0.3) is 0 Å². The van der Waals surface area contributed by atoms with Crippen LogP contribution in [-0.2, 0) is 5.54 Å². The van der Waals surface area contributed by atoms with E-state index in [2.05, 4.69) is 0 Å². The van der Waals surface area contributed by atoms with E-state index in [4.69, 9.17) is 16.1 Å². The molecular weight excluding hydrogens is 184 g/mol. The number of hydrogen-bond acceptors (Lipinski definition) is 5. The summed E-state index contributed by atoms with van der Waals surface area (Å²) < 4.78 is 0. The van der Waals surface area contributed by atoms with Gasteiger partial charge in [0.15, 0.2) is 0 Å². The summed E-state index contributed by atoms with van der Waals surface area (Å²) >= 11 is 0. The first-order chi connectivity index (χ1) is 6.38. The van der Waals surface area contributed by atoms with Crippen LogP contribution in [0.2, 0.25) is 0 Å². The molecule has 1 aromatic carbocycles. The van der Waals surface area contributed by atoms with Gasteiger partial charge in [0.2, 0.25) is 0 Å². The summed E-state index contributed by atoms with van der Waals surface area (Å²) in [6.45, 7) is 1.35. The Kier molecular flexibility index (Phi) is 2.24. The van der Waals surface area contributed by atoms with Crippen molar-refractivity contribution in [1.29, 1.82) is 5.26 Å². The number of phenols is 3. The van der Waals surface area contributed by atoms with Crippen LogP contribution < -0.4 is 5.73 Å². The third kappa shape index (κ3) is 1.56. The number of rotatable bonds is 1. The van der Waals surface area contributed by atoms with Crippen LogP contribution in [0.5, 0.6) is 17.2 Å². The lowest BCUT2D eigenvalue weighted by atomic mass is 9.93. The molecule has 1 unspecified atom stereocenters. The molecule has 0 amide bonds. The van der Waals surface area contributed by atoms with Gasteiger partial charge in [0, 0.05) is 12.1 Å². The number of hydrogen-bond donors (Lipinski definition) is 4. The fourth-order valence-electron chi connectivity index (χ4n) is 1.19. The average molecular weight is 194 g/mol. The molecule has 1 aromatic rings. The van der Waals surface area contributed by atoms with Crippen LogP contribution in [0.1, 0.15) is 12.5 Å². The van der Waals surface area contributed by atoms with E-state index in [0.29, 0.717) is 0 Å². The van der Waals surface area contributed by atoms with Gasteiger partial charge in [0.05, 0.1) is 11.6 Å². The predicted molar refractivity (Wildman–Crippen MR) is 48.6 cm³/mol. The highest BCUT2D eigenvalue weighted by molar-refractivity contribution is 5.54. The minimum atomic E-state index is -1.50. The Hall–Kier alpha value is -1.93. The number of aromatic hydroxyl groups is 3. The molecule has 1 rings (SSSR count). The first-order valence-corrected chi connectivity index (χ1v) is 3.84. The molecule has 5 nitrogen and oxygen atoms in total. The van der Waals surface area contributed by atoms with Gasteiger partial charge in [-0.3, -0.25) is 0 Å². The number of nitriles is 1. The largest absolute Gasteiger partial charge is 0.508 e. The SMILES string of the molecule is CC(N)(C#N)c1c(O)cc(O)cc1O. The second kappa shape index (κ2) is 3.09. The van der Waals surface area contributed by atoms with E-state index < -0.39 is 17.0 Å². The number of phenolic OH excluding ortho intramolecular Hbond substituents is 3. The Balaban J connectivity index is 3.44. The fourth-order valence-corrected chi connectivity index (χ4v) is 1.19. The van der Waals surface area contributed by atoms with Crippen molar-refractivity contribution in [2.24, 2.45) is 5.73 Å². The topological polar surface area (TPSA) is 111 Å². The maximum absolute atomic E-state index is 9.39. The highest BCUT2D eigenvalue weighted by atomic mass is 16.3. The molecule has 1 atom stereocenters. The molecule has 5 N–H and O–H groups in total. The second-order valence-electron chi connectivity index (χ2n) is 3.17. The van der Waals surface area contributed by atoms with Crippen LogP contribution >= 0.6 is 0 Å². The zero-order valence-electron chi connectivity index (χ0n) is 7.52. The molecule has 0 aliphatic rings. The van der Waals surface area contributed by atoms with Crippen LogP contribution in [0.15, 0.2) is 12.1 Å². The molecule has 5 heteroatoms. The van der Waals surface area contributed by atoms with Crippen molar-refractivity contribution in [2.75, 3.05) is 0 Å². The Morgan fingerprint density at radius 2 is 1.71 bits per heavy atom. The van der Waals surface area contributed by atoms with Gasteiger partial charge >= 0.3 is 0 Å². The quantitative estimate of drug-likeness (QED) is 0.520. The molecule has 0 saturated heterocycles. The molecule has 0 saturated carbocycles. The minimum Gasteiger partial charge on any atom is -0.508 e. The van der Waals surface area contributed by atoms with Gasteiger partial charge in [-0.05, 0) is 6.92 Å². The number of nitrogens with zero attached hydrogens (tertiary/aromatic N) is 1. The van der Waals surface area contributed by atoms with Crippen LogP contribution in [0.4, 0.5) is 0 Å². The van der Waals surface area contributed by atoms with Crippen molar-refractivity contribution in [1.82, 2.24) is 0 Å². The van der Waals surface area contributed by atoms with Crippen molar-refractivity contribution in [2.45, 2.75) is 12.5 Å². The number of nitrogens with two attached hydrogens (primary N) is 1. The minimum absolute atomic E-state index is 0.0993. The van der Waals surface area contributed by atoms with E-state index >= 15 is 0 Å². The Morgan fingerprint density at radius 3 is 2.07 bits per heavy atom. The van der Waals surface area contributed by atoms with Gasteiger partial charge in [0.25, 0.3) is 0 Å². The van der Waals surface area contributed by atoms with E-state index in [9.17, 15) is 10.2 Å². The van der Waals surface area contributed by atoms with Gasteiger partial charge in [-0.25, -0.2) is 0 Å². The third-order valence-corrected chi connectivity index (χ3v) is 1.83.